The number of aliphatic imine (C=N–C) groups is 1. The first-order chi connectivity index (χ1) is 12.3. The number of halogens is 1. The van der Waals surface area contributed by atoms with Gasteiger partial charge in [-0.25, -0.2) is 9.98 Å². The third kappa shape index (κ3) is 7.20. The van der Waals surface area contributed by atoms with Gasteiger partial charge < -0.3 is 20.8 Å². The Kier molecular flexibility index (Phi) is 8.74. The van der Waals surface area contributed by atoms with Gasteiger partial charge in [0.2, 0.25) is 11.8 Å². The molecule has 27 heavy (non-hydrogen) atoms. The summed E-state index contributed by atoms with van der Waals surface area (Å²) >= 11 is 0. The monoisotopic (exact) mass is 485 g/mol. The molecule has 0 aliphatic rings. The van der Waals surface area contributed by atoms with E-state index in [-0.39, 0.29) is 29.4 Å². The largest absolute Gasteiger partial charge is 0.443 e. The van der Waals surface area contributed by atoms with Crippen molar-refractivity contribution in [1.82, 2.24) is 15.6 Å². The molecule has 148 valence electrons. The predicted molar refractivity (Wildman–Crippen MR) is 117 cm³/mol. The van der Waals surface area contributed by atoms with Crippen molar-refractivity contribution in [3.63, 3.8) is 0 Å². The molecule has 0 fully saturated rings. The zero-order chi connectivity index (χ0) is 19.2. The molecule has 0 spiro atoms. The standard InChI is InChI=1S/C19H27N5O2.HI/c1-5-21-18(23-10-13-7-6-8-14(9-13)17(20)25)24-12-16-22-11-15(26-16)19(2,3)4;/h6-9,11H,5,10,12H2,1-4H3,(H2,20,25)(H2,21,23,24);1H. The summed E-state index contributed by atoms with van der Waals surface area (Å²) in [5.41, 5.74) is 6.62. The van der Waals surface area contributed by atoms with Crippen molar-refractivity contribution < 1.29 is 9.21 Å². The first kappa shape index (κ1) is 22.9. The summed E-state index contributed by atoms with van der Waals surface area (Å²) < 4.78 is 5.77. The quantitative estimate of drug-likeness (QED) is 0.332. The lowest BCUT2D eigenvalue weighted by Gasteiger charge is -2.13. The van der Waals surface area contributed by atoms with Crippen LogP contribution in [0.1, 0.15) is 55.3 Å². The molecule has 4 N–H and O–H groups in total. The van der Waals surface area contributed by atoms with Gasteiger partial charge in [0.05, 0.1) is 19.3 Å². The molecule has 0 aliphatic heterocycles. The minimum atomic E-state index is -0.445. The van der Waals surface area contributed by atoms with Crippen LogP contribution in [0, 0.1) is 0 Å². The fourth-order valence-corrected chi connectivity index (χ4v) is 2.23. The molecule has 1 aromatic heterocycles. The molecule has 1 heterocycles. The SMILES string of the molecule is CCNC(=NCc1cccc(C(N)=O)c1)NCc1ncc(C(C)(C)C)o1.I. The van der Waals surface area contributed by atoms with E-state index in [2.05, 4.69) is 41.4 Å². The van der Waals surface area contributed by atoms with Crippen LogP contribution in [-0.2, 0) is 18.5 Å². The summed E-state index contributed by atoms with van der Waals surface area (Å²) in [6.07, 6.45) is 1.76. The Hall–Kier alpha value is -2.10. The summed E-state index contributed by atoms with van der Waals surface area (Å²) in [5.74, 6) is 1.66. The van der Waals surface area contributed by atoms with Gasteiger partial charge in [0.1, 0.15) is 5.76 Å². The summed E-state index contributed by atoms with van der Waals surface area (Å²) in [4.78, 5) is 20.1. The number of aromatic nitrogens is 1. The number of oxazole rings is 1. The van der Waals surface area contributed by atoms with Gasteiger partial charge in [-0.15, -0.1) is 24.0 Å². The van der Waals surface area contributed by atoms with Crippen molar-refractivity contribution in [3.05, 3.63) is 53.2 Å². The Morgan fingerprint density at radius 2 is 2.04 bits per heavy atom. The van der Waals surface area contributed by atoms with Crippen LogP contribution in [0.15, 0.2) is 39.9 Å². The highest BCUT2D eigenvalue weighted by molar-refractivity contribution is 14.0. The molecule has 8 heteroatoms. The molecule has 2 rings (SSSR count). The molecule has 0 radical (unpaired) electrons. The molecule has 1 aromatic carbocycles. The lowest BCUT2D eigenvalue weighted by atomic mass is 9.94. The van der Waals surface area contributed by atoms with Crippen LogP contribution < -0.4 is 16.4 Å². The van der Waals surface area contributed by atoms with E-state index < -0.39 is 5.91 Å². The average molecular weight is 485 g/mol. The number of nitrogens with two attached hydrogens (primary N) is 1. The van der Waals surface area contributed by atoms with E-state index in [1.54, 1.807) is 24.4 Å². The maximum Gasteiger partial charge on any atom is 0.248 e. The number of nitrogens with one attached hydrogen (secondary N) is 2. The molecule has 7 nitrogen and oxygen atoms in total. The number of carbonyl (C=O) groups excluding carboxylic acids is 1. The van der Waals surface area contributed by atoms with Crippen molar-refractivity contribution in [3.8, 4) is 0 Å². The highest BCUT2D eigenvalue weighted by Crippen LogP contribution is 2.22. The Morgan fingerprint density at radius 1 is 1.30 bits per heavy atom. The van der Waals surface area contributed by atoms with Crippen LogP contribution >= 0.6 is 24.0 Å². The molecule has 1 amide bonds. The minimum absolute atomic E-state index is 0. The molecule has 0 atom stereocenters. The number of primary amides is 1. The zero-order valence-electron chi connectivity index (χ0n) is 16.2. The van der Waals surface area contributed by atoms with Crippen molar-refractivity contribution >= 4 is 35.8 Å². The number of nitrogens with zero attached hydrogens (tertiary/aromatic N) is 2. The molecule has 2 aromatic rings. The number of hydrogen-bond donors (Lipinski definition) is 3. The van der Waals surface area contributed by atoms with Gasteiger partial charge in [-0.3, -0.25) is 4.79 Å². The Labute approximate surface area is 177 Å². The molecule has 0 unspecified atom stereocenters. The second kappa shape index (κ2) is 10.3. The van der Waals surface area contributed by atoms with Gasteiger partial charge in [0.25, 0.3) is 0 Å². The predicted octanol–water partition coefficient (Wildman–Crippen LogP) is 2.94. The molecule has 0 aliphatic carbocycles. The van der Waals surface area contributed by atoms with Crippen molar-refractivity contribution in [2.75, 3.05) is 6.54 Å². The maximum absolute atomic E-state index is 11.3. The topological polar surface area (TPSA) is 106 Å². The van der Waals surface area contributed by atoms with E-state index in [0.29, 0.717) is 30.5 Å². The lowest BCUT2D eigenvalue weighted by Crippen LogP contribution is -2.36. The van der Waals surface area contributed by atoms with Gasteiger partial charge in [-0.2, -0.15) is 0 Å². The van der Waals surface area contributed by atoms with E-state index in [1.165, 1.54) is 0 Å². The van der Waals surface area contributed by atoms with Crippen molar-refractivity contribution in [2.24, 2.45) is 10.7 Å². The fraction of sp³-hybridized carbons (Fsp3) is 0.421. The molecular weight excluding hydrogens is 457 g/mol. The molecule has 0 saturated heterocycles. The summed E-state index contributed by atoms with van der Waals surface area (Å²) in [5, 5.41) is 6.38. The Balaban J connectivity index is 0.00000364. The lowest BCUT2D eigenvalue weighted by molar-refractivity contribution is 0.1000. The van der Waals surface area contributed by atoms with Gasteiger partial charge in [-0.1, -0.05) is 32.9 Å². The first-order valence-corrected chi connectivity index (χ1v) is 8.65. The van der Waals surface area contributed by atoms with Gasteiger partial charge in [0, 0.05) is 17.5 Å². The van der Waals surface area contributed by atoms with Crippen molar-refractivity contribution in [2.45, 2.75) is 46.2 Å². The second-order valence-electron chi connectivity index (χ2n) is 6.98. The summed E-state index contributed by atoms with van der Waals surface area (Å²) in [6.45, 7) is 9.82. The first-order valence-electron chi connectivity index (χ1n) is 8.65. The molecule has 0 bridgehead atoms. The molecule has 0 saturated carbocycles. The van der Waals surface area contributed by atoms with Crippen LogP contribution in [0.4, 0.5) is 0 Å². The van der Waals surface area contributed by atoms with Crippen LogP contribution in [0.25, 0.3) is 0 Å². The smallest absolute Gasteiger partial charge is 0.248 e. The third-order valence-corrected chi connectivity index (χ3v) is 3.68. The normalized spacial score (nSPS) is 11.6. The Morgan fingerprint density at radius 3 is 2.63 bits per heavy atom. The van der Waals surface area contributed by atoms with Crippen LogP contribution in [-0.4, -0.2) is 23.4 Å². The third-order valence-electron chi connectivity index (χ3n) is 3.68. The number of amides is 1. The number of guanidine groups is 1. The van der Waals surface area contributed by atoms with E-state index in [4.69, 9.17) is 10.2 Å². The van der Waals surface area contributed by atoms with E-state index in [9.17, 15) is 4.79 Å². The number of rotatable bonds is 6. The second-order valence-corrected chi connectivity index (χ2v) is 6.98. The molecular formula is C19H28IN5O2. The van der Waals surface area contributed by atoms with E-state index in [0.717, 1.165) is 17.9 Å². The number of hydrogen-bond acceptors (Lipinski definition) is 4. The van der Waals surface area contributed by atoms with Gasteiger partial charge in [0.15, 0.2) is 5.96 Å². The zero-order valence-corrected chi connectivity index (χ0v) is 18.5. The fourth-order valence-electron chi connectivity index (χ4n) is 2.23. The Bertz CT molecular complexity index is 780. The number of benzene rings is 1. The number of carbonyl (C=O) groups is 1. The highest BCUT2D eigenvalue weighted by Gasteiger charge is 2.19. The van der Waals surface area contributed by atoms with Gasteiger partial charge in [-0.05, 0) is 24.6 Å². The van der Waals surface area contributed by atoms with Crippen LogP contribution in [0.5, 0.6) is 0 Å². The summed E-state index contributed by atoms with van der Waals surface area (Å²) in [6, 6.07) is 7.14. The maximum atomic E-state index is 11.3. The average Bonchev–Trinajstić information content (AvgIpc) is 3.07. The highest BCUT2D eigenvalue weighted by atomic mass is 127. The minimum Gasteiger partial charge on any atom is -0.443 e. The van der Waals surface area contributed by atoms with Crippen LogP contribution in [0.3, 0.4) is 0 Å². The van der Waals surface area contributed by atoms with Crippen molar-refractivity contribution in [1.29, 1.82) is 0 Å². The van der Waals surface area contributed by atoms with Gasteiger partial charge >= 0.3 is 0 Å². The van der Waals surface area contributed by atoms with E-state index >= 15 is 0 Å². The van der Waals surface area contributed by atoms with Crippen LogP contribution in [0.2, 0.25) is 0 Å². The summed E-state index contributed by atoms with van der Waals surface area (Å²) in [7, 11) is 0. The van der Waals surface area contributed by atoms with E-state index in [1.807, 2.05) is 13.0 Å².